The number of non-ortho nitro benzene ring substituents is 1. The Morgan fingerprint density at radius 3 is 2.13 bits per heavy atom. The largest absolute Gasteiger partial charge is 0.354 e. The Morgan fingerprint density at radius 2 is 1.52 bits per heavy atom. The molecule has 2 amide bonds. The molecule has 0 bridgehead atoms. The first-order chi connectivity index (χ1) is 22.1. The molecular weight excluding hydrogens is 672 g/mol. The van der Waals surface area contributed by atoms with Crippen molar-refractivity contribution in [2.24, 2.45) is 0 Å². The molecule has 4 aromatic carbocycles. The number of carbonyl (C=O) groups is 2. The summed E-state index contributed by atoms with van der Waals surface area (Å²) >= 11 is 3.47. The number of halogens is 1. The van der Waals surface area contributed by atoms with Crippen LogP contribution >= 0.6 is 15.9 Å². The summed E-state index contributed by atoms with van der Waals surface area (Å²) < 4.78 is 29.7. The van der Waals surface area contributed by atoms with Gasteiger partial charge in [0.2, 0.25) is 11.8 Å². The Morgan fingerprint density at radius 1 is 0.891 bits per heavy atom. The van der Waals surface area contributed by atoms with Gasteiger partial charge in [0.1, 0.15) is 12.6 Å². The number of rotatable bonds is 15. The zero-order chi connectivity index (χ0) is 33.1. The molecule has 0 aliphatic rings. The predicted octanol–water partition coefficient (Wildman–Crippen LogP) is 6.11. The predicted molar refractivity (Wildman–Crippen MR) is 181 cm³/mol. The lowest BCUT2D eigenvalue weighted by Crippen LogP contribution is -2.53. The van der Waals surface area contributed by atoms with E-state index in [9.17, 15) is 28.1 Å². The van der Waals surface area contributed by atoms with Gasteiger partial charge >= 0.3 is 0 Å². The number of benzene rings is 4. The molecule has 0 unspecified atom stereocenters. The average Bonchev–Trinajstić information content (AvgIpc) is 3.06. The second-order valence-corrected chi connectivity index (χ2v) is 13.4. The number of hydrogen-bond acceptors (Lipinski definition) is 6. The molecule has 46 heavy (non-hydrogen) atoms. The zero-order valence-electron chi connectivity index (χ0n) is 25.3. The summed E-state index contributed by atoms with van der Waals surface area (Å²) in [5.74, 6) is -0.974. The van der Waals surface area contributed by atoms with Crippen LogP contribution in [0.5, 0.6) is 0 Å². The lowest BCUT2D eigenvalue weighted by Gasteiger charge is -2.34. The molecule has 0 heterocycles. The molecule has 240 valence electrons. The van der Waals surface area contributed by atoms with Gasteiger partial charge in [-0.2, -0.15) is 0 Å². The van der Waals surface area contributed by atoms with E-state index in [0.29, 0.717) is 6.54 Å². The van der Waals surface area contributed by atoms with Crippen molar-refractivity contribution in [3.05, 3.63) is 135 Å². The van der Waals surface area contributed by atoms with E-state index in [-0.39, 0.29) is 35.1 Å². The second kappa shape index (κ2) is 16.1. The number of nitrogens with one attached hydrogen (secondary N) is 1. The topological polar surface area (TPSA) is 130 Å². The van der Waals surface area contributed by atoms with E-state index in [2.05, 4.69) is 21.2 Å². The molecule has 0 radical (unpaired) electrons. The smallest absolute Gasteiger partial charge is 0.269 e. The SMILES string of the molecule is CCCCNC(=O)[C@H](Cc1ccccc1)N(Cc1cccc(Br)c1)C(=O)CN(c1ccc([N+](=O)[O-])cc1)S(=O)(=O)c1ccccc1. The summed E-state index contributed by atoms with van der Waals surface area (Å²) in [6.07, 6.45) is 1.82. The molecule has 0 aliphatic heterocycles. The molecule has 12 heteroatoms. The van der Waals surface area contributed by atoms with E-state index < -0.39 is 33.4 Å². The highest BCUT2D eigenvalue weighted by molar-refractivity contribution is 9.10. The number of hydrogen-bond donors (Lipinski definition) is 1. The molecule has 4 aromatic rings. The maximum Gasteiger partial charge on any atom is 0.269 e. The third kappa shape index (κ3) is 9.01. The molecule has 1 N–H and O–H groups in total. The number of nitro benzene ring substituents is 1. The number of amides is 2. The van der Waals surface area contributed by atoms with Crippen molar-refractivity contribution >= 4 is 49.1 Å². The van der Waals surface area contributed by atoms with Crippen LogP contribution in [0.1, 0.15) is 30.9 Å². The van der Waals surface area contributed by atoms with E-state index in [0.717, 1.165) is 32.7 Å². The van der Waals surface area contributed by atoms with E-state index in [1.165, 1.54) is 41.3 Å². The molecule has 0 saturated carbocycles. The van der Waals surface area contributed by atoms with Crippen LogP contribution in [0.2, 0.25) is 0 Å². The van der Waals surface area contributed by atoms with Gasteiger partial charge < -0.3 is 10.2 Å². The van der Waals surface area contributed by atoms with Gasteiger partial charge in [0.15, 0.2) is 0 Å². The van der Waals surface area contributed by atoms with Crippen molar-refractivity contribution in [3.8, 4) is 0 Å². The van der Waals surface area contributed by atoms with Gasteiger partial charge in [-0.05, 0) is 53.9 Å². The van der Waals surface area contributed by atoms with E-state index in [1.54, 1.807) is 18.2 Å². The molecule has 0 spiro atoms. The number of nitrogens with zero attached hydrogens (tertiary/aromatic N) is 3. The fourth-order valence-corrected chi connectivity index (χ4v) is 6.76. The summed E-state index contributed by atoms with van der Waals surface area (Å²) in [5.41, 5.74) is 1.40. The normalized spacial score (nSPS) is 11.8. The number of unbranched alkanes of at least 4 members (excludes halogenated alkanes) is 1. The molecule has 0 saturated heterocycles. The number of sulfonamides is 1. The van der Waals surface area contributed by atoms with Gasteiger partial charge in [-0.25, -0.2) is 8.42 Å². The average molecular weight is 708 g/mol. The van der Waals surface area contributed by atoms with Gasteiger partial charge in [0.05, 0.1) is 15.5 Å². The number of carbonyl (C=O) groups excluding carboxylic acids is 2. The van der Waals surface area contributed by atoms with Crippen molar-refractivity contribution in [2.45, 2.75) is 43.7 Å². The van der Waals surface area contributed by atoms with Gasteiger partial charge in [-0.1, -0.05) is 89.9 Å². The van der Waals surface area contributed by atoms with Gasteiger partial charge in [-0.15, -0.1) is 0 Å². The molecule has 0 aromatic heterocycles. The fraction of sp³-hybridized carbons (Fsp3) is 0.235. The van der Waals surface area contributed by atoms with Crippen LogP contribution in [0.15, 0.2) is 119 Å². The molecule has 10 nitrogen and oxygen atoms in total. The highest BCUT2D eigenvalue weighted by atomic mass is 79.9. The second-order valence-electron chi connectivity index (χ2n) is 10.6. The van der Waals surface area contributed by atoms with Crippen LogP contribution < -0.4 is 9.62 Å². The minimum absolute atomic E-state index is 0.0243. The van der Waals surface area contributed by atoms with Crippen LogP contribution in [0.25, 0.3) is 0 Å². The zero-order valence-corrected chi connectivity index (χ0v) is 27.7. The molecule has 0 fully saturated rings. The summed E-state index contributed by atoms with van der Waals surface area (Å²) in [4.78, 5) is 40.3. The molecule has 4 rings (SSSR count). The van der Waals surface area contributed by atoms with E-state index >= 15 is 0 Å². The van der Waals surface area contributed by atoms with Crippen molar-refractivity contribution in [2.75, 3.05) is 17.4 Å². The third-order valence-electron chi connectivity index (χ3n) is 7.30. The van der Waals surface area contributed by atoms with Crippen molar-refractivity contribution in [1.82, 2.24) is 10.2 Å². The molecule has 1 atom stereocenters. The van der Waals surface area contributed by atoms with Crippen LogP contribution in [-0.4, -0.2) is 49.2 Å². The first-order valence-corrected chi connectivity index (χ1v) is 17.0. The maximum atomic E-state index is 14.5. The standard InChI is InChI=1S/C34H35BrN4O6S/c1-2-3-21-36-34(41)32(23-26-11-6-4-7-12-26)37(24-27-13-10-14-28(35)22-27)33(40)25-38(29-17-19-30(20-18-29)39(42)43)46(44,45)31-15-8-5-9-16-31/h4-20,22,32H,2-3,21,23-25H2,1H3,(H,36,41)/t32-/m0/s1. The van der Waals surface area contributed by atoms with Gasteiger partial charge in [0, 0.05) is 36.1 Å². The van der Waals surface area contributed by atoms with Gasteiger partial charge in [-0.3, -0.25) is 24.0 Å². The van der Waals surface area contributed by atoms with Crippen LogP contribution in [0.4, 0.5) is 11.4 Å². The lowest BCUT2D eigenvalue weighted by molar-refractivity contribution is -0.384. The monoisotopic (exact) mass is 706 g/mol. The molecule has 0 aliphatic carbocycles. The Bertz CT molecular complexity index is 1740. The number of nitro groups is 1. The first-order valence-electron chi connectivity index (χ1n) is 14.8. The summed E-state index contributed by atoms with van der Waals surface area (Å²) in [6.45, 7) is 1.81. The highest BCUT2D eigenvalue weighted by Crippen LogP contribution is 2.27. The Labute approximate surface area is 277 Å². The quantitative estimate of drug-likeness (QED) is 0.0902. The lowest BCUT2D eigenvalue weighted by atomic mass is 10.0. The third-order valence-corrected chi connectivity index (χ3v) is 9.58. The summed E-state index contributed by atoms with van der Waals surface area (Å²) in [5, 5.41) is 14.3. The maximum absolute atomic E-state index is 14.5. The Kier molecular flexibility index (Phi) is 12.0. The van der Waals surface area contributed by atoms with Crippen LogP contribution in [-0.2, 0) is 32.6 Å². The Balaban J connectivity index is 1.79. The highest BCUT2D eigenvalue weighted by Gasteiger charge is 2.34. The molecular formula is C34H35BrN4O6S. The van der Waals surface area contributed by atoms with E-state index in [4.69, 9.17) is 0 Å². The van der Waals surface area contributed by atoms with Crippen molar-refractivity contribution in [1.29, 1.82) is 0 Å². The number of anilines is 1. The fourth-order valence-electron chi connectivity index (χ4n) is 4.88. The minimum atomic E-state index is -4.31. The van der Waals surface area contributed by atoms with E-state index in [1.807, 2.05) is 61.5 Å². The van der Waals surface area contributed by atoms with Gasteiger partial charge in [0.25, 0.3) is 15.7 Å². The minimum Gasteiger partial charge on any atom is -0.354 e. The first kappa shape index (κ1) is 34.3. The van der Waals surface area contributed by atoms with Crippen molar-refractivity contribution < 1.29 is 22.9 Å². The summed E-state index contributed by atoms with van der Waals surface area (Å²) in [7, 11) is -4.31. The van der Waals surface area contributed by atoms with Crippen LogP contribution in [0.3, 0.4) is 0 Å². The van der Waals surface area contributed by atoms with Crippen molar-refractivity contribution in [3.63, 3.8) is 0 Å². The van der Waals surface area contributed by atoms with Crippen LogP contribution in [0, 0.1) is 10.1 Å². The Hall–Kier alpha value is -4.55. The summed E-state index contributed by atoms with van der Waals surface area (Å²) in [6, 6.07) is 28.3.